The zero-order valence-electron chi connectivity index (χ0n) is 10.3. The maximum atomic E-state index is 9.21. The van der Waals surface area contributed by atoms with E-state index in [2.05, 4.69) is 28.2 Å². The minimum absolute atomic E-state index is 0.259. The third-order valence-electron chi connectivity index (χ3n) is 2.37. The number of hydrogen-bond donors (Lipinski definition) is 2. The highest BCUT2D eigenvalue weighted by molar-refractivity contribution is 9.10. The summed E-state index contributed by atoms with van der Waals surface area (Å²) in [6.45, 7) is 5.28. The Kier molecular flexibility index (Phi) is 6.55. The summed E-state index contributed by atoms with van der Waals surface area (Å²) >= 11 is 3.38. The smallest absolute Gasteiger partial charge is 0.119 e. The number of halogens is 1. The minimum atomic E-state index is -0.259. The molecular formula is C13H20BrNO2. The first-order chi connectivity index (χ1) is 8.08. The maximum Gasteiger partial charge on any atom is 0.119 e. The van der Waals surface area contributed by atoms with Crippen LogP contribution in [0.15, 0.2) is 28.7 Å². The molecule has 0 heterocycles. The van der Waals surface area contributed by atoms with E-state index in [-0.39, 0.29) is 6.10 Å². The Morgan fingerprint density at radius 3 is 2.53 bits per heavy atom. The van der Waals surface area contributed by atoms with Gasteiger partial charge in [0, 0.05) is 17.1 Å². The van der Waals surface area contributed by atoms with E-state index < -0.39 is 0 Å². The fraction of sp³-hybridized carbons (Fsp3) is 0.538. The van der Waals surface area contributed by atoms with Gasteiger partial charge in [-0.1, -0.05) is 15.9 Å². The molecule has 4 heteroatoms. The molecule has 96 valence electrons. The minimum Gasteiger partial charge on any atom is -0.492 e. The maximum absolute atomic E-state index is 9.21. The van der Waals surface area contributed by atoms with Gasteiger partial charge in [0.05, 0.1) is 6.10 Å². The van der Waals surface area contributed by atoms with E-state index in [9.17, 15) is 5.11 Å². The molecule has 2 N–H and O–H groups in total. The molecule has 0 amide bonds. The molecule has 2 unspecified atom stereocenters. The van der Waals surface area contributed by atoms with Crippen molar-refractivity contribution >= 4 is 15.9 Å². The molecule has 17 heavy (non-hydrogen) atoms. The second-order valence-corrected chi connectivity index (χ2v) is 5.16. The van der Waals surface area contributed by atoms with Crippen molar-refractivity contribution in [3.05, 3.63) is 28.7 Å². The van der Waals surface area contributed by atoms with E-state index in [1.165, 1.54) is 0 Å². The van der Waals surface area contributed by atoms with Gasteiger partial charge in [0.15, 0.2) is 0 Å². The van der Waals surface area contributed by atoms with Crippen molar-refractivity contribution in [1.82, 2.24) is 5.32 Å². The quantitative estimate of drug-likeness (QED) is 0.761. The Hall–Kier alpha value is -0.580. The highest BCUT2D eigenvalue weighted by Gasteiger charge is 2.04. The molecule has 0 radical (unpaired) electrons. The van der Waals surface area contributed by atoms with E-state index in [0.717, 1.165) is 23.2 Å². The van der Waals surface area contributed by atoms with Crippen LogP contribution in [0.4, 0.5) is 0 Å². The molecule has 1 aromatic carbocycles. The van der Waals surface area contributed by atoms with Crippen LogP contribution in [0.3, 0.4) is 0 Å². The summed E-state index contributed by atoms with van der Waals surface area (Å²) in [6.07, 6.45) is 0.503. The molecule has 0 aliphatic heterocycles. The van der Waals surface area contributed by atoms with Gasteiger partial charge < -0.3 is 15.2 Å². The van der Waals surface area contributed by atoms with E-state index in [1.54, 1.807) is 6.92 Å². The lowest BCUT2D eigenvalue weighted by atomic mass is 10.1. The first-order valence-electron chi connectivity index (χ1n) is 5.87. The van der Waals surface area contributed by atoms with Crippen LogP contribution in [0.25, 0.3) is 0 Å². The normalized spacial score (nSPS) is 14.4. The number of hydrogen-bond acceptors (Lipinski definition) is 3. The molecule has 2 atom stereocenters. The van der Waals surface area contributed by atoms with Gasteiger partial charge >= 0.3 is 0 Å². The summed E-state index contributed by atoms with van der Waals surface area (Å²) in [5, 5.41) is 12.5. The molecule has 3 nitrogen and oxygen atoms in total. The Morgan fingerprint density at radius 1 is 1.29 bits per heavy atom. The summed E-state index contributed by atoms with van der Waals surface area (Å²) in [4.78, 5) is 0. The molecule has 0 spiro atoms. The Bertz CT molecular complexity index is 314. The van der Waals surface area contributed by atoms with Crippen LogP contribution < -0.4 is 10.1 Å². The second-order valence-electron chi connectivity index (χ2n) is 4.24. The van der Waals surface area contributed by atoms with E-state index in [1.807, 2.05) is 24.3 Å². The third-order valence-corrected chi connectivity index (χ3v) is 2.90. The van der Waals surface area contributed by atoms with Crippen LogP contribution in [0.2, 0.25) is 0 Å². The molecule has 0 fully saturated rings. The Labute approximate surface area is 111 Å². The lowest BCUT2D eigenvalue weighted by Gasteiger charge is -2.15. The van der Waals surface area contributed by atoms with E-state index in [0.29, 0.717) is 12.6 Å². The van der Waals surface area contributed by atoms with Crippen molar-refractivity contribution in [2.24, 2.45) is 0 Å². The standard InChI is InChI=1S/C13H20BrNO2/c1-10(9-11(2)16)15-7-8-17-13-5-3-12(14)4-6-13/h3-6,10-11,15-16H,7-9H2,1-2H3. The van der Waals surface area contributed by atoms with Gasteiger partial charge in [0.1, 0.15) is 12.4 Å². The van der Waals surface area contributed by atoms with Gasteiger partial charge in [0.2, 0.25) is 0 Å². The molecule has 0 aliphatic carbocycles. The van der Waals surface area contributed by atoms with Crippen LogP contribution in [0.1, 0.15) is 20.3 Å². The predicted octanol–water partition coefficient (Wildman–Crippen LogP) is 2.58. The van der Waals surface area contributed by atoms with Crippen molar-refractivity contribution < 1.29 is 9.84 Å². The number of nitrogens with one attached hydrogen (secondary N) is 1. The number of ether oxygens (including phenoxy) is 1. The molecule has 0 bridgehead atoms. The van der Waals surface area contributed by atoms with E-state index >= 15 is 0 Å². The Morgan fingerprint density at radius 2 is 1.94 bits per heavy atom. The van der Waals surface area contributed by atoms with Gasteiger partial charge in [-0.25, -0.2) is 0 Å². The summed E-state index contributed by atoms with van der Waals surface area (Å²) in [5.74, 6) is 0.873. The molecule has 0 saturated carbocycles. The van der Waals surface area contributed by atoms with Gasteiger partial charge in [-0.05, 0) is 44.5 Å². The van der Waals surface area contributed by atoms with Crippen LogP contribution in [-0.2, 0) is 0 Å². The molecule has 0 aliphatic rings. The largest absolute Gasteiger partial charge is 0.492 e. The predicted molar refractivity (Wildman–Crippen MR) is 73.4 cm³/mol. The van der Waals surface area contributed by atoms with Crippen LogP contribution in [0.5, 0.6) is 5.75 Å². The lowest BCUT2D eigenvalue weighted by molar-refractivity contribution is 0.169. The van der Waals surface area contributed by atoms with Crippen molar-refractivity contribution in [2.45, 2.75) is 32.4 Å². The highest BCUT2D eigenvalue weighted by Crippen LogP contribution is 2.15. The first kappa shape index (κ1) is 14.5. The zero-order chi connectivity index (χ0) is 12.7. The van der Waals surface area contributed by atoms with Gasteiger partial charge in [0.25, 0.3) is 0 Å². The van der Waals surface area contributed by atoms with Gasteiger partial charge in [-0.3, -0.25) is 0 Å². The molecular weight excluding hydrogens is 282 g/mol. The fourth-order valence-electron chi connectivity index (χ4n) is 1.60. The monoisotopic (exact) mass is 301 g/mol. The van der Waals surface area contributed by atoms with Crippen molar-refractivity contribution in [3.8, 4) is 5.75 Å². The van der Waals surface area contributed by atoms with Crippen molar-refractivity contribution in [3.63, 3.8) is 0 Å². The molecule has 0 aromatic heterocycles. The average Bonchev–Trinajstić information content (AvgIpc) is 2.26. The number of aliphatic hydroxyl groups excluding tert-OH is 1. The third kappa shape index (κ3) is 6.66. The number of rotatable bonds is 7. The molecule has 0 saturated heterocycles. The SMILES string of the molecule is CC(O)CC(C)NCCOc1ccc(Br)cc1. The number of benzene rings is 1. The van der Waals surface area contributed by atoms with Crippen LogP contribution in [0, 0.1) is 0 Å². The van der Waals surface area contributed by atoms with Gasteiger partial charge in [-0.2, -0.15) is 0 Å². The first-order valence-corrected chi connectivity index (χ1v) is 6.67. The van der Waals surface area contributed by atoms with Crippen molar-refractivity contribution in [2.75, 3.05) is 13.2 Å². The fourth-order valence-corrected chi connectivity index (χ4v) is 1.86. The summed E-state index contributed by atoms with van der Waals surface area (Å²) < 4.78 is 6.62. The number of aliphatic hydroxyl groups is 1. The zero-order valence-corrected chi connectivity index (χ0v) is 11.9. The molecule has 1 aromatic rings. The summed E-state index contributed by atoms with van der Waals surface area (Å²) in [6, 6.07) is 8.09. The second kappa shape index (κ2) is 7.69. The Balaban J connectivity index is 2.13. The topological polar surface area (TPSA) is 41.5 Å². The summed E-state index contributed by atoms with van der Waals surface area (Å²) in [5.41, 5.74) is 0. The van der Waals surface area contributed by atoms with Crippen LogP contribution >= 0.6 is 15.9 Å². The highest BCUT2D eigenvalue weighted by atomic mass is 79.9. The lowest BCUT2D eigenvalue weighted by Crippen LogP contribution is -2.32. The van der Waals surface area contributed by atoms with Crippen molar-refractivity contribution in [1.29, 1.82) is 0 Å². The average molecular weight is 302 g/mol. The van der Waals surface area contributed by atoms with Crippen LogP contribution in [-0.4, -0.2) is 30.4 Å². The van der Waals surface area contributed by atoms with Gasteiger partial charge in [-0.15, -0.1) is 0 Å². The summed E-state index contributed by atoms with van der Waals surface area (Å²) in [7, 11) is 0. The van der Waals surface area contributed by atoms with E-state index in [4.69, 9.17) is 4.74 Å². The molecule has 1 rings (SSSR count).